The normalized spacial score (nSPS) is 11.9. The van der Waals surface area contributed by atoms with E-state index < -0.39 is 10.0 Å². The molecule has 0 aliphatic rings. The van der Waals surface area contributed by atoms with E-state index in [1.165, 1.54) is 0 Å². The third-order valence-corrected chi connectivity index (χ3v) is 4.85. The predicted molar refractivity (Wildman–Crippen MR) is 87.0 cm³/mol. The smallest absolute Gasteiger partial charge is 0.240 e. The second-order valence-corrected chi connectivity index (χ2v) is 6.79. The minimum atomic E-state index is -3.43. The van der Waals surface area contributed by atoms with E-state index in [0.717, 1.165) is 28.8 Å². The molecule has 0 saturated carbocycles. The Balaban J connectivity index is 1.91. The summed E-state index contributed by atoms with van der Waals surface area (Å²) < 4.78 is 26.6. The van der Waals surface area contributed by atoms with Crippen molar-refractivity contribution in [1.29, 1.82) is 0 Å². The Morgan fingerprint density at radius 1 is 1.09 bits per heavy atom. The Hall–Kier alpha value is -2.18. The molecular weight excluding hydrogens is 298 g/mol. The second-order valence-electron chi connectivity index (χ2n) is 5.02. The lowest BCUT2D eigenvalue weighted by molar-refractivity contribution is 0.581. The number of fused-ring (bicyclic) bond motifs is 1. The summed E-state index contributed by atoms with van der Waals surface area (Å²) in [6.45, 7) is 2.36. The molecule has 3 aromatic rings. The molecule has 22 heavy (non-hydrogen) atoms. The molecule has 0 spiro atoms. The van der Waals surface area contributed by atoms with Crippen LogP contribution in [-0.2, 0) is 10.0 Å². The van der Waals surface area contributed by atoms with Crippen molar-refractivity contribution in [2.75, 3.05) is 6.54 Å². The molecule has 3 rings (SSSR count). The standard InChI is InChI=1S/C16H17N3O2S/c1-2-11-17-22(20,21)13-9-7-12(8-10-13)16-18-14-5-3-4-6-15(14)19-16/h3-10,17H,2,11H2,1H3,(H,18,19). The third-order valence-electron chi connectivity index (χ3n) is 3.37. The van der Waals surface area contributed by atoms with Gasteiger partial charge in [0.25, 0.3) is 0 Å². The molecule has 2 aromatic carbocycles. The Kier molecular flexibility index (Phi) is 3.96. The highest BCUT2D eigenvalue weighted by Crippen LogP contribution is 2.21. The van der Waals surface area contributed by atoms with Gasteiger partial charge in [0.1, 0.15) is 5.82 Å². The van der Waals surface area contributed by atoms with Crippen LogP contribution in [0.2, 0.25) is 0 Å². The molecule has 5 nitrogen and oxygen atoms in total. The van der Waals surface area contributed by atoms with Crippen molar-refractivity contribution in [3.8, 4) is 11.4 Å². The molecule has 1 heterocycles. The molecule has 6 heteroatoms. The minimum absolute atomic E-state index is 0.265. The summed E-state index contributed by atoms with van der Waals surface area (Å²) in [6, 6.07) is 14.5. The first-order valence-corrected chi connectivity index (χ1v) is 8.63. The summed E-state index contributed by atoms with van der Waals surface area (Å²) in [6.07, 6.45) is 0.760. The fourth-order valence-electron chi connectivity index (χ4n) is 2.20. The van der Waals surface area contributed by atoms with Gasteiger partial charge in [-0.1, -0.05) is 19.1 Å². The van der Waals surface area contributed by atoms with Crippen LogP contribution in [0.1, 0.15) is 13.3 Å². The molecule has 0 saturated heterocycles. The molecule has 0 unspecified atom stereocenters. The number of imidazole rings is 1. The first-order chi connectivity index (χ1) is 10.6. The van der Waals surface area contributed by atoms with Crippen molar-refractivity contribution >= 4 is 21.1 Å². The zero-order valence-electron chi connectivity index (χ0n) is 12.2. The van der Waals surface area contributed by atoms with Gasteiger partial charge in [0.15, 0.2) is 0 Å². The number of benzene rings is 2. The summed E-state index contributed by atoms with van der Waals surface area (Å²) in [5.41, 5.74) is 2.70. The summed E-state index contributed by atoms with van der Waals surface area (Å²) >= 11 is 0. The van der Waals surface area contributed by atoms with Crippen LogP contribution in [0.25, 0.3) is 22.4 Å². The van der Waals surface area contributed by atoms with Crippen molar-refractivity contribution in [2.45, 2.75) is 18.2 Å². The van der Waals surface area contributed by atoms with Gasteiger partial charge in [-0.15, -0.1) is 0 Å². The molecule has 114 valence electrons. The summed E-state index contributed by atoms with van der Waals surface area (Å²) in [7, 11) is -3.43. The minimum Gasteiger partial charge on any atom is -0.338 e. The largest absolute Gasteiger partial charge is 0.338 e. The number of nitrogens with one attached hydrogen (secondary N) is 2. The van der Waals surface area contributed by atoms with Crippen LogP contribution in [0.5, 0.6) is 0 Å². The van der Waals surface area contributed by atoms with Crippen LogP contribution < -0.4 is 4.72 Å². The molecule has 0 aliphatic carbocycles. The van der Waals surface area contributed by atoms with Crippen molar-refractivity contribution in [3.05, 3.63) is 48.5 Å². The fourth-order valence-corrected chi connectivity index (χ4v) is 3.34. The maximum Gasteiger partial charge on any atom is 0.240 e. The van der Waals surface area contributed by atoms with Crippen molar-refractivity contribution in [1.82, 2.24) is 14.7 Å². The van der Waals surface area contributed by atoms with E-state index in [-0.39, 0.29) is 4.90 Å². The molecule has 0 radical (unpaired) electrons. The number of rotatable bonds is 5. The molecule has 0 fully saturated rings. The van der Waals surface area contributed by atoms with Gasteiger partial charge >= 0.3 is 0 Å². The van der Waals surface area contributed by atoms with Gasteiger partial charge in [0.05, 0.1) is 15.9 Å². The van der Waals surface area contributed by atoms with Crippen molar-refractivity contribution in [2.24, 2.45) is 0 Å². The maximum atomic E-state index is 12.0. The first-order valence-electron chi connectivity index (χ1n) is 7.15. The zero-order chi connectivity index (χ0) is 15.6. The summed E-state index contributed by atoms with van der Waals surface area (Å²) in [5, 5.41) is 0. The SMILES string of the molecule is CCCNS(=O)(=O)c1ccc(-c2nc3ccccc3[nH]2)cc1. The number of para-hydroxylation sites is 2. The number of hydrogen-bond acceptors (Lipinski definition) is 3. The summed E-state index contributed by atoms with van der Waals surface area (Å²) in [4.78, 5) is 8.00. The van der Waals surface area contributed by atoms with Crippen molar-refractivity contribution < 1.29 is 8.42 Å². The summed E-state index contributed by atoms with van der Waals surface area (Å²) in [5.74, 6) is 0.728. The van der Waals surface area contributed by atoms with Gasteiger partial charge in [-0.3, -0.25) is 0 Å². The quantitative estimate of drug-likeness (QED) is 0.760. The predicted octanol–water partition coefficient (Wildman–Crippen LogP) is 2.92. The third kappa shape index (κ3) is 2.88. The van der Waals surface area contributed by atoms with Gasteiger partial charge in [-0.05, 0) is 42.8 Å². The van der Waals surface area contributed by atoms with Crippen molar-refractivity contribution in [3.63, 3.8) is 0 Å². The van der Waals surface area contributed by atoms with Gasteiger partial charge in [0, 0.05) is 12.1 Å². The fraction of sp³-hybridized carbons (Fsp3) is 0.188. The van der Waals surface area contributed by atoms with E-state index in [1.807, 2.05) is 31.2 Å². The molecule has 2 N–H and O–H groups in total. The first kappa shape index (κ1) is 14.7. The molecule has 0 bridgehead atoms. The number of nitrogens with zero attached hydrogens (tertiary/aromatic N) is 1. The molecule has 1 aromatic heterocycles. The number of aromatic nitrogens is 2. The van der Waals surface area contributed by atoms with E-state index >= 15 is 0 Å². The molecular formula is C16H17N3O2S. The zero-order valence-corrected chi connectivity index (χ0v) is 13.0. The molecule has 0 atom stereocenters. The number of aromatic amines is 1. The molecule has 0 amide bonds. The number of H-pyrrole nitrogens is 1. The second kappa shape index (κ2) is 5.90. The van der Waals surface area contributed by atoms with Crippen LogP contribution in [-0.4, -0.2) is 24.9 Å². The van der Waals surface area contributed by atoms with Crippen LogP contribution in [0.15, 0.2) is 53.4 Å². The van der Waals surface area contributed by atoms with Gasteiger partial charge in [-0.25, -0.2) is 18.1 Å². The molecule has 0 aliphatic heterocycles. The van der Waals surface area contributed by atoms with Crippen LogP contribution >= 0.6 is 0 Å². The highest BCUT2D eigenvalue weighted by atomic mass is 32.2. The monoisotopic (exact) mass is 315 g/mol. The van der Waals surface area contributed by atoms with E-state index in [0.29, 0.717) is 6.54 Å². The Morgan fingerprint density at radius 3 is 2.50 bits per heavy atom. The highest BCUT2D eigenvalue weighted by molar-refractivity contribution is 7.89. The highest BCUT2D eigenvalue weighted by Gasteiger charge is 2.13. The van der Waals surface area contributed by atoms with Gasteiger partial charge in [0.2, 0.25) is 10.0 Å². The lowest BCUT2D eigenvalue weighted by atomic mass is 10.2. The number of sulfonamides is 1. The average Bonchev–Trinajstić information content (AvgIpc) is 2.97. The Bertz CT molecular complexity index is 850. The van der Waals surface area contributed by atoms with Gasteiger partial charge < -0.3 is 4.98 Å². The average molecular weight is 315 g/mol. The van der Waals surface area contributed by atoms with Crippen LogP contribution in [0.4, 0.5) is 0 Å². The van der Waals surface area contributed by atoms with E-state index in [2.05, 4.69) is 14.7 Å². The maximum absolute atomic E-state index is 12.0. The topological polar surface area (TPSA) is 74.8 Å². The lowest BCUT2D eigenvalue weighted by Gasteiger charge is -2.06. The Morgan fingerprint density at radius 2 is 1.82 bits per heavy atom. The lowest BCUT2D eigenvalue weighted by Crippen LogP contribution is -2.24. The van der Waals surface area contributed by atoms with E-state index in [9.17, 15) is 8.42 Å². The van der Waals surface area contributed by atoms with E-state index in [1.54, 1.807) is 24.3 Å². The van der Waals surface area contributed by atoms with Crippen LogP contribution in [0, 0.1) is 0 Å². The van der Waals surface area contributed by atoms with E-state index in [4.69, 9.17) is 0 Å². The number of hydrogen-bond donors (Lipinski definition) is 2. The Labute approximate surface area is 129 Å². The van der Waals surface area contributed by atoms with Crippen LogP contribution in [0.3, 0.4) is 0 Å². The van der Waals surface area contributed by atoms with Gasteiger partial charge in [-0.2, -0.15) is 0 Å².